The molecule has 2 N–H and O–H groups in total. The predicted molar refractivity (Wildman–Crippen MR) is 116 cm³/mol. The first-order valence-corrected chi connectivity index (χ1v) is 10.3. The summed E-state index contributed by atoms with van der Waals surface area (Å²) >= 11 is 0. The highest BCUT2D eigenvalue weighted by atomic mass is 16.2. The zero-order chi connectivity index (χ0) is 22.0. The molecule has 4 rings (SSSR count). The van der Waals surface area contributed by atoms with E-state index in [0.29, 0.717) is 30.2 Å². The molecular formula is C22H24N6O3. The van der Waals surface area contributed by atoms with Gasteiger partial charge >= 0.3 is 0 Å². The lowest BCUT2D eigenvalue weighted by Gasteiger charge is -2.16. The minimum atomic E-state index is -0.491. The molecule has 1 saturated heterocycles. The third-order valence-electron chi connectivity index (χ3n) is 5.14. The quantitative estimate of drug-likeness (QED) is 0.635. The fourth-order valence-electron chi connectivity index (χ4n) is 3.70. The summed E-state index contributed by atoms with van der Waals surface area (Å²) in [5.74, 6) is -0.221. The molecule has 1 aliphatic rings. The van der Waals surface area contributed by atoms with Gasteiger partial charge in [0.05, 0.1) is 11.6 Å². The van der Waals surface area contributed by atoms with Crippen LogP contribution in [0.5, 0.6) is 0 Å². The van der Waals surface area contributed by atoms with Crippen molar-refractivity contribution in [3.63, 3.8) is 0 Å². The van der Waals surface area contributed by atoms with Gasteiger partial charge in [0.1, 0.15) is 5.82 Å². The number of hydrogen-bond donors (Lipinski definition) is 2. The largest absolute Gasteiger partial charge is 0.312 e. The molecule has 0 radical (unpaired) electrons. The molecule has 2 amide bonds. The monoisotopic (exact) mass is 420 g/mol. The van der Waals surface area contributed by atoms with E-state index in [1.54, 1.807) is 17.9 Å². The van der Waals surface area contributed by atoms with Crippen molar-refractivity contribution in [3.05, 3.63) is 64.2 Å². The predicted octanol–water partition coefficient (Wildman–Crippen LogP) is 2.21. The van der Waals surface area contributed by atoms with E-state index in [-0.39, 0.29) is 29.7 Å². The molecule has 3 aromatic rings. The topological polar surface area (TPSA) is 113 Å². The Balaban J connectivity index is 1.55. The molecule has 0 spiro atoms. The first kappa shape index (κ1) is 20.5. The lowest BCUT2D eigenvalue weighted by Crippen LogP contribution is -2.28. The second-order valence-electron chi connectivity index (χ2n) is 7.62. The van der Waals surface area contributed by atoms with Crippen molar-refractivity contribution >= 4 is 23.3 Å². The van der Waals surface area contributed by atoms with Crippen LogP contribution in [0.2, 0.25) is 0 Å². The maximum Gasteiger partial charge on any atom is 0.252 e. The number of para-hydroxylation sites is 1. The van der Waals surface area contributed by atoms with Gasteiger partial charge in [-0.1, -0.05) is 31.5 Å². The number of aromatic nitrogens is 4. The van der Waals surface area contributed by atoms with Crippen molar-refractivity contribution in [1.82, 2.24) is 19.7 Å². The number of amides is 2. The van der Waals surface area contributed by atoms with Crippen LogP contribution in [0.1, 0.15) is 31.2 Å². The number of anilines is 2. The standard InChI is InChI=1S/C22H24N6O3/c1-3-7-16-12-19(29)25-22(23-16)28-18(10-14(2)26-28)24-21(31)15-11-20(30)27(13-15)17-8-5-4-6-9-17/h4-6,8-10,12,15H,3,7,11,13H2,1-2H3,(H,24,31)(H,23,25,29). The Hall–Kier alpha value is -3.75. The zero-order valence-corrected chi connectivity index (χ0v) is 17.5. The van der Waals surface area contributed by atoms with Gasteiger partial charge in [0.25, 0.3) is 5.56 Å². The van der Waals surface area contributed by atoms with Crippen LogP contribution in [-0.4, -0.2) is 38.1 Å². The average Bonchev–Trinajstić information content (AvgIpc) is 3.31. The normalized spacial score (nSPS) is 16.0. The van der Waals surface area contributed by atoms with E-state index in [9.17, 15) is 14.4 Å². The third kappa shape index (κ3) is 4.40. The van der Waals surface area contributed by atoms with Gasteiger partial charge in [0, 0.05) is 36.5 Å². The van der Waals surface area contributed by atoms with Crippen molar-refractivity contribution in [2.45, 2.75) is 33.1 Å². The Morgan fingerprint density at radius 3 is 2.74 bits per heavy atom. The number of aromatic amines is 1. The van der Waals surface area contributed by atoms with Crippen molar-refractivity contribution in [2.75, 3.05) is 16.8 Å². The highest BCUT2D eigenvalue weighted by Crippen LogP contribution is 2.26. The van der Waals surface area contributed by atoms with Crippen LogP contribution in [-0.2, 0) is 16.0 Å². The van der Waals surface area contributed by atoms with Crippen molar-refractivity contribution in [2.24, 2.45) is 5.92 Å². The van der Waals surface area contributed by atoms with Gasteiger partial charge in [-0.05, 0) is 25.5 Å². The molecule has 0 saturated carbocycles. The molecule has 0 aliphatic carbocycles. The third-order valence-corrected chi connectivity index (χ3v) is 5.14. The van der Waals surface area contributed by atoms with Gasteiger partial charge in [-0.15, -0.1) is 0 Å². The molecule has 1 aliphatic heterocycles. The fourth-order valence-corrected chi connectivity index (χ4v) is 3.70. The molecule has 31 heavy (non-hydrogen) atoms. The van der Waals surface area contributed by atoms with Crippen LogP contribution in [0.4, 0.5) is 11.5 Å². The molecule has 2 aromatic heterocycles. The first-order chi connectivity index (χ1) is 14.9. The van der Waals surface area contributed by atoms with Gasteiger partial charge in [0.2, 0.25) is 17.8 Å². The van der Waals surface area contributed by atoms with E-state index < -0.39 is 5.92 Å². The van der Waals surface area contributed by atoms with Crippen LogP contribution in [0.25, 0.3) is 5.95 Å². The van der Waals surface area contributed by atoms with Gasteiger partial charge in [-0.3, -0.25) is 19.4 Å². The summed E-state index contributed by atoms with van der Waals surface area (Å²) in [6, 6.07) is 12.5. The summed E-state index contributed by atoms with van der Waals surface area (Å²) in [5, 5.41) is 7.23. The van der Waals surface area contributed by atoms with E-state index in [0.717, 1.165) is 12.1 Å². The summed E-state index contributed by atoms with van der Waals surface area (Å²) in [5.41, 5.74) is 1.82. The SMILES string of the molecule is CCCc1cc(=O)[nH]c(-n2nc(C)cc2NC(=O)C2CC(=O)N(c3ccccc3)C2)n1. The van der Waals surface area contributed by atoms with E-state index in [4.69, 9.17) is 0 Å². The second kappa shape index (κ2) is 8.55. The minimum Gasteiger partial charge on any atom is -0.312 e. The molecule has 3 heterocycles. The number of rotatable bonds is 6. The first-order valence-electron chi connectivity index (χ1n) is 10.3. The van der Waals surface area contributed by atoms with Crippen molar-refractivity contribution < 1.29 is 9.59 Å². The lowest BCUT2D eigenvalue weighted by molar-refractivity contribution is -0.122. The van der Waals surface area contributed by atoms with Crippen LogP contribution < -0.4 is 15.8 Å². The zero-order valence-electron chi connectivity index (χ0n) is 17.5. The number of nitrogens with one attached hydrogen (secondary N) is 2. The van der Waals surface area contributed by atoms with Crippen LogP contribution in [0, 0.1) is 12.8 Å². The highest BCUT2D eigenvalue weighted by Gasteiger charge is 2.35. The Labute approximate surface area is 179 Å². The molecule has 1 aromatic carbocycles. The maximum absolute atomic E-state index is 12.9. The van der Waals surface area contributed by atoms with Gasteiger partial charge in [0.15, 0.2) is 0 Å². The van der Waals surface area contributed by atoms with Crippen molar-refractivity contribution in [3.8, 4) is 5.95 Å². The van der Waals surface area contributed by atoms with Gasteiger partial charge in [-0.25, -0.2) is 4.98 Å². The van der Waals surface area contributed by atoms with Crippen LogP contribution in [0.15, 0.2) is 47.3 Å². The Kier molecular flexibility index (Phi) is 5.66. The smallest absolute Gasteiger partial charge is 0.252 e. The molecule has 1 fully saturated rings. The number of carbonyl (C=O) groups is 2. The minimum absolute atomic E-state index is 0.0886. The maximum atomic E-state index is 12.9. The number of hydrogen-bond acceptors (Lipinski definition) is 5. The van der Waals surface area contributed by atoms with Gasteiger partial charge < -0.3 is 10.2 Å². The molecule has 1 atom stereocenters. The lowest BCUT2D eigenvalue weighted by atomic mass is 10.1. The number of carbonyl (C=O) groups excluding carboxylic acids is 2. The Morgan fingerprint density at radius 2 is 2.00 bits per heavy atom. The number of H-pyrrole nitrogens is 1. The fraction of sp³-hybridized carbons (Fsp3) is 0.318. The van der Waals surface area contributed by atoms with E-state index in [2.05, 4.69) is 20.4 Å². The van der Waals surface area contributed by atoms with Gasteiger partial charge in [-0.2, -0.15) is 9.78 Å². The summed E-state index contributed by atoms with van der Waals surface area (Å²) < 4.78 is 1.42. The number of benzene rings is 1. The molecule has 9 heteroatoms. The molecule has 9 nitrogen and oxygen atoms in total. The average molecular weight is 420 g/mol. The Bertz CT molecular complexity index is 1170. The van der Waals surface area contributed by atoms with E-state index >= 15 is 0 Å². The molecule has 0 bridgehead atoms. The highest BCUT2D eigenvalue weighted by molar-refractivity contribution is 6.03. The summed E-state index contributed by atoms with van der Waals surface area (Å²) in [4.78, 5) is 46.2. The number of nitrogens with zero attached hydrogens (tertiary/aromatic N) is 4. The van der Waals surface area contributed by atoms with Crippen molar-refractivity contribution in [1.29, 1.82) is 0 Å². The summed E-state index contributed by atoms with van der Waals surface area (Å²) in [6.45, 7) is 4.10. The molecular weight excluding hydrogens is 396 g/mol. The van der Waals surface area contributed by atoms with E-state index in [1.165, 1.54) is 10.7 Å². The van der Waals surface area contributed by atoms with E-state index in [1.807, 2.05) is 37.3 Å². The van der Waals surface area contributed by atoms with Crippen LogP contribution >= 0.6 is 0 Å². The van der Waals surface area contributed by atoms with Crippen LogP contribution in [0.3, 0.4) is 0 Å². The molecule has 1 unspecified atom stereocenters. The molecule has 160 valence electrons. The number of aryl methyl sites for hydroxylation is 2. The second-order valence-corrected chi connectivity index (χ2v) is 7.62. The summed E-state index contributed by atoms with van der Waals surface area (Å²) in [6.07, 6.45) is 1.65. The Morgan fingerprint density at radius 1 is 1.23 bits per heavy atom. The summed E-state index contributed by atoms with van der Waals surface area (Å²) in [7, 11) is 0.